The molecule has 14 heavy (non-hydrogen) atoms. The summed E-state index contributed by atoms with van der Waals surface area (Å²) in [6, 6.07) is 1.51. The normalized spacial score (nSPS) is 8.29. The Labute approximate surface area is 82.4 Å². The molecule has 0 radical (unpaired) electrons. The van der Waals surface area contributed by atoms with E-state index in [-0.39, 0.29) is 17.7 Å². The van der Waals surface area contributed by atoms with Crippen molar-refractivity contribution in [1.82, 2.24) is 0 Å². The third kappa shape index (κ3) is 3.33. The van der Waals surface area contributed by atoms with Crippen molar-refractivity contribution in [2.75, 3.05) is 0 Å². The molecule has 0 amide bonds. The van der Waals surface area contributed by atoms with Crippen molar-refractivity contribution in [3.8, 4) is 5.75 Å². The summed E-state index contributed by atoms with van der Waals surface area (Å²) in [5, 5.41) is 3.21. The SMILES string of the molecule is O.O=COC(=O)C(=O)Oc1ccsc1. The first-order valence-electron chi connectivity index (χ1n) is 3.12. The molecule has 1 aromatic heterocycles. The molecule has 0 spiro atoms. The average Bonchev–Trinajstić information content (AvgIpc) is 2.57. The fourth-order valence-corrected chi connectivity index (χ4v) is 1.10. The van der Waals surface area contributed by atoms with E-state index in [2.05, 4.69) is 9.47 Å². The number of esters is 2. The van der Waals surface area contributed by atoms with Crippen LogP contribution in [-0.4, -0.2) is 23.9 Å². The van der Waals surface area contributed by atoms with Gasteiger partial charge in [0.15, 0.2) is 0 Å². The number of thiophene rings is 1. The fourth-order valence-electron chi connectivity index (χ4n) is 0.551. The zero-order valence-electron chi connectivity index (χ0n) is 6.76. The standard InChI is InChI=1S/C7H4O5S.H2O/c8-4-11-6(9)7(10)12-5-1-2-13-3-5;/h1-4H;1H2. The summed E-state index contributed by atoms with van der Waals surface area (Å²) in [6.07, 6.45) is 0. The summed E-state index contributed by atoms with van der Waals surface area (Å²) >= 11 is 1.31. The highest BCUT2D eigenvalue weighted by molar-refractivity contribution is 7.08. The van der Waals surface area contributed by atoms with Gasteiger partial charge >= 0.3 is 18.4 Å². The summed E-state index contributed by atoms with van der Waals surface area (Å²) in [7, 11) is 0. The topological polar surface area (TPSA) is 101 Å². The Kier molecular flexibility index (Phi) is 5.12. The Morgan fingerprint density at radius 1 is 1.36 bits per heavy atom. The molecule has 0 bridgehead atoms. The minimum Gasteiger partial charge on any atom is -0.417 e. The minimum atomic E-state index is -1.33. The van der Waals surface area contributed by atoms with E-state index in [1.807, 2.05) is 0 Å². The van der Waals surface area contributed by atoms with Crippen LogP contribution in [0.3, 0.4) is 0 Å². The Morgan fingerprint density at radius 2 is 2.07 bits per heavy atom. The molecular formula is C7H6O6S. The van der Waals surface area contributed by atoms with Crippen LogP contribution in [0.5, 0.6) is 5.75 Å². The van der Waals surface area contributed by atoms with Crippen LogP contribution in [0.25, 0.3) is 0 Å². The van der Waals surface area contributed by atoms with Crippen molar-refractivity contribution in [3.05, 3.63) is 16.8 Å². The number of ether oxygens (including phenoxy) is 2. The molecule has 0 saturated heterocycles. The second-order valence-electron chi connectivity index (χ2n) is 1.85. The lowest BCUT2D eigenvalue weighted by Gasteiger charge is -1.97. The first-order chi connectivity index (χ1) is 6.24. The van der Waals surface area contributed by atoms with Gasteiger partial charge in [0.1, 0.15) is 5.75 Å². The molecule has 0 aliphatic rings. The molecule has 7 heteroatoms. The summed E-state index contributed by atoms with van der Waals surface area (Å²) < 4.78 is 8.27. The third-order valence-electron chi connectivity index (χ3n) is 1.03. The van der Waals surface area contributed by atoms with E-state index >= 15 is 0 Å². The van der Waals surface area contributed by atoms with Crippen LogP contribution < -0.4 is 4.74 Å². The number of carbonyl (C=O) groups excluding carboxylic acids is 3. The molecule has 0 aliphatic carbocycles. The Morgan fingerprint density at radius 3 is 2.57 bits per heavy atom. The molecule has 1 rings (SSSR count). The van der Waals surface area contributed by atoms with Gasteiger partial charge in [0.25, 0.3) is 0 Å². The first kappa shape index (κ1) is 12.3. The maximum atomic E-state index is 10.7. The van der Waals surface area contributed by atoms with E-state index in [1.165, 1.54) is 22.8 Å². The molecule has 0 aliphatic heterocycles. The molecule has 0 unspecified atom stereocenters. The van der Waals surface area contributed by atoms with Crippen molar-refractivity contribution < 1.29 is 29.3 Å². The minimum absolute atomic E-state index is 0. The molecule has 0 atom stereocenters. The number of carbonyl (C=O) groups is 3. The second-order valence-corrected chi connectivity index (χ2v) is 2.63. The van der Waals surface area contributed by atoms with Crippen molar-refractivity contribution in [2.45, 2.75) is 0 Å². The van der Waals surface area contributed by atoms with Crippen molar-refractivity contribution >= 4 is 29.7 Å². The van der Waals surface area contributed by atoms with Crippen molar-refractivity contribution in [1.29, 1.82) is 0 Å². The number of hydrogen-bond acceptors (Lipinski definition) is 6. The second kappa shape index (κ2) is 5.84. The molecule has 1 heterocycles. The van der Waals surface area contributed by atoms with Gasteiger partial charge in [-0.3, -0.25) is 4.79 Å². The van der Waals surface area contributed by atoms with Gasteiger partial charge in [0, 0.05) is 5.38 Å². The predicted octanol–water partition coefficient (Wildman–Crippen LogP) is -0.472. The molecule has 1 aromatic rings. The molecule has 0 aromatic carbocycles. The Hall–Kier alpha value is -1.73. The van der Waals surface area contributed by atoms with Crippen LogP contribution in [0.1, 0.15) is 0 Å². The van der Waals surface area contributed by atoms with Gasteiger partial charge in [-0.2, -0.15) is 0 Å². The van der Waals surface area contributed by atoms with Crippen LogP contribution in [0, 0.1) is 0 Å². The van der Waals surface area contributed by atoms with Crippen LogP contribution in [0.15, 0.2) is 16.8 Å². The van der Waals surface area contributed by atoms with E-state index in [0.717, 1.165) is 0 Å². The van der Waals surface area contributed by atoms with E-state index in [0.29, 0.717) is 0 Å². The van der Waals surface area contributed by atoms with E-state index in [9.17, 15) is 14.4 Å². The van der Waals surface area contributed by atoms with Crippen molar-refractivity contribution in [3.63, 3.8) is 0 Å². The van der Waals surface area contributed by atoms with Gasteiger partial charge in [0.2, 0.25) is 0 Å². The number of hydrogen-bond donors (Lipinski definition) is 0. The van der Waals surface area contributed by atoms with E-state index < -0.39 is 11.9 Å². The van der Waals surface area contributed by atoms with Gasteiger partial charge in [-0.1, -0.05) is 0 Å². The summed E-state index contributed by atoms with van der Waals surface area (Å²) in [5.41, 5.74) is 0. The lowest BCUT2D eigenvalue weighted by molar-refractivity contribution is -0.164. The Bertz CT molecular complexity index is 317. The maximum absolute atomic E-state index is 10.7. The molecule has 76 valence electrons. The van der Waals surface area contributed by atoms with Gasteiger partial charge < -0.3 is 14.9 Å². The van der Waals surface area contributed by atoms with Gasteiger partial charge in [-0.15, -0.1) is 11.3 Å². The lowest BCUT2D eigenvalue weighted by Crippen LogP contribution is -2.22. The van der Waals surface area contributed by atoms with Crippen LogP contribution >= 0.6 is 11.3 Å². The van der Waals surface area contributed by atoms with Gasteiger partial charge in [-0.25, -0.2) is 9.59 Å². The monoisotopic (exact) mass is 218 g/mol. The highest BCUT2D eigenvalue weighted by atomic mass is 32.1. The third-order valence-corrected chi connectivity index (χ3v) is 1.69. The summed E-state index contributed by atoms with van der Waals surface area (Å²) in [5.74, 6) is -2.30. The van der Waals surface area contributed by atoms with Crippen LogP contribution in [0.2, 0.25) is 0 Å². The van der Waals surface area contributed by atoms with E-state index in [4.69, 9.17) is 0 Å². The maximum Gasteiger partial charge on any atom is 0.425 e. The molecule has 0 saturated carbocycles. The zero-order chi connectivity index (χ0) is 9.68. The Balaban J connectivity index is 0.00000169. The number of rotatable bonds is 2. The molecule has 0 fully saturated rings. The summed E-state index contributed by atoms with van der Waals surface area (Å²) in [4.78, 5) is 31.0. The summed E-state index contributed by atoms with van der Waals surface area (Å²) in [6.45, 7) is -0.128. The smallest absolute Gasteiger partial charge is 0.417 e. The van der Waals surface area contributed by atoms with Gasteiger partial charge in [-0.05, 0) is 11.4 Å². The van der Waals surface area contributed by atoms with Crippen LogP contribution in [-0.2, 0) is 19.1 Å². The quantitative estimate of drug-likeness (QED) is 0.289. The molecule has 2 N–H and O–H groups in total. The fraction of sp³-hybridized carbons (Fsp3) is 0. The van der Waals surface area contributed by atoms with Crippen LogP contribution in [0.4, 0.5) is 0 Å². The van der Waals surface area contributed by atoms with Gasteiger partial charge in [0.05, 0.1) is 0 Å². The highest BCUT2D eigenvalue weighted by Gasteiger charge is 2.17. The average molecular weight is 218 g/mol. The molecular weight excluding hydrogens is 212 g/mol. The highest BCUT2D eigenvalue weighted by Crippen LogP contribution is 2.14. The largest absolute Gasteiger partial charge is 0.425 e. The lowest BCUT2D eigenvalue weighted by atomic mass is 10.6. The van der Waals surface area contributed by atoms with Crippen molar-refractivity contribution in [2.24, 2.45) is 0 Å². The first-order valence-corrected chi connectivity index (χ1v) is 4.07. The van der Waals surface area contributed by atoms with E-state index in [1.54, 1.807) is 5.38 Å². The zero-order valence-corrected chi connectivity index (χ0v) is 7.58. The predicted molar refractivity (Wildman–Crippen MR) is 45.7 cm³/mol. The molecule has 6 nitrogen and oxygen atoms in total.